The van der Waals surface area contributed by atoms with Crippen molar-refractivity contribution in [2.45, 2.75) is 40.5 Å². The highest BCUT2D eigenvalue weighted by Gasteiger charge is 2.04. The average molecular weight is 214 g/mol. The Morgan fingerprint density at radius 2 is 1.44 bits per heavy atom. The van der Waals surface area contributed by atoms with Crippen LogP contribution in [-0.2, 0) is 0 Å². The topological polar surface area (TPSA) is 0 Å². The van der Waals surface area contributed by atoms with Crippen LogP contribution in [0, 0.1) is 6.92 Å². The van der Waals surface area contributed by atoms with Crippen LogP contribution < -0.4 is 0 Å². The van der Waals surface area contributed by atoms with Gasteiger partial charge >= 0.3 is 0 Å². The standard InChI is InChI=1S/C14H16.C2H6/c1-11-3-7-13(8-4-11)14-9-5-12(2)6-10-14;1-2/h3-5,7-9H,6,10H2,1-2H3;1-2H3. The maximum atomic E-state index is 2.25. The third kappa shape index (κ3) is 3.37. The first-order valence-electron chi connectivity index (χ1n) is 6.19. The highest BCUT2D eigenvalue weighted by molar-refractivity contribution is 5.68. The Morgan fingerprint density at radius 1 is 0.812 bits per heavy atom. The summed E-state index contributed by atoms with van der Waals surface area (Å²) in [6.07, 6.45) is 6.88. The van der Waals surface area contributed by atoms with Crippen molar-refractivity contribution in [2.24, 2.45) is 0 Å². The van der Waals surface area contributed by atoms with E-state index in [0.29, 0.717) is 0 Å². The van der Waals surface area contributed by atoms with Gasteiger partial charge in [0, 0.05) is 0 Å². The molecule has 0 fully saturated rings. The van der Waals surface area contributed by atoms with Crippen molar-refractivity contribution in [1.29, 1.82) is 0 Å². The van der Waals surface area contributed by atoms with Gasteiger partial charge in [0.2, 0.25) is 0 Å². The second-order valence-electron chi connectivity index (χ2n) is 4.07. The normalized spacial score (nSPS) is 14.5. The summed E-state index contributed by atoms with van der Waals surface area (Å²) in [7, 11) is 0. The van der Waals surface area contributed by atoms with Gasteiger partial charge < -0.3 is 0 Å². The maximum Gasteiger partial charge on any atom is -0.0224 e. The van der Waals surface area contributed by atoms with Gasteiger partial charge in [-0.05, 0) is 37.8 Å². The minimum Gasteiger partial charge on any atom is -0.0730 e. The Labute approximate surface area is 99.7 Å². The maximum absolute atomic E-state index is 2.25. The molecule has 2 rings (SSSR count). The minimum atomic E-state index is 1.19. The first-order chi connectivity index (χ1) is 7.75. The predicted molar refractivity (Wildman–Crippen MR) is 73.5 cm³/mol. The molecule has 1 aliphatic rings. The molecule has 0 nitrogen and oxygen atoms in total. The van der Waals surface area contributed by atoms with Gasteiger partial charge in [-0.3, -0.25) is 0 Å². The first kappa shape index (κ1) is 12.8. The second-order valence-corrected chi connectivity index (χ2v) is 4.07. The lowest BCUT2D eigenvalue weighted by Gasteiger charge is -2.12. The van der Waals surface area contributed by atoms with Gasteiger partial charge in [-0.15, -0.1) is 0 Å². The lowest BCUT2D eigenvalue weighted by Crippen LogP contribution is -1.91. The first-order valence-corrected chi connectivity index (χ1v) is 6.19. The zero-order chi connectivity index (χ0) is 12.0. The zero-order valence-corrected chi connectivity index (χ0v) is 10.9. The Hall–Kier alpha value is -1.30. The molecule has 0 heterocycles. The fourth-order valence-electron chi connectivity index (χ4n) is 1.75. The molecule has 1 aliphatic carbocycles. The zero-order valence-electron chi connectivity index (χ0n) is 10.9. The quantitative estimate of drug-likeness (QED) is 0.607. The van der Waals surface area contributed by atoms with Gasteiger partial charge in [0.25, 0.3) is 0 Å². The Morgan fingerprint density at radius 3 is 1.94 bits per heavy atom. The van der Waals surface area contributed by atoms with Gasteiger partial charge in [0.1, 0.15) is 0 Å². The van der Waals surface area contributed by atoms with Crippen molar-refractivity contribution in [3.63, 3.8) is 0 Å². The van der Waals surface area contributed by atoms with E-state index >= 15 is 0 Å². The molecule has 0 aliphatic heterocycles. The molecule has 1 aromatic carbocycles. The third-order valence-electron chi connectivity index (χ3n) is 2.78. The molecule has 0 atom stereocenters. The molecule has 1 aromatic rings. The van der Waals surface area contributed by atoms with E-state index < -0.39 is 0 Å². The molecule has 0 radical (unpaired) electrons. The summed E-state index contributed by atoms with van der Waals surface area (Å²) in [6.45, 7) is 8.32. The monoisotopic (exact) mass is 214 g/mol. The lowest BCUT2D eigenvalue weighted by molar-refractivity contribution is 0.977. The third-order valence-corrected chi connectivity index (χ3v) is 2.78. The number of hydrogen-bond donors (Lipinski definition) is 0. The molecule has 0 amide bonds. The van der Waals surface area contributed by atoms with Crippen LogP contribution in [0.15, 0.2) is 42.0 Å². The van der Waals surface area contributed by atoms with E-state index in [0.717, 1.165) is 0 Å². The van der Waals surface area contributed by atoms with Crippen molar-refractivity contribution in [2.75, 3.05) is 0 Å². The van der Waals surface area contributed by atoms with Crippen LogP contribution in [0.4, 0.5) is 0 Å². The summed E-state index contributed by atoms with van der Waals surface area (Å²) in [5.74, 6) is 0. The minimum absolute atomic E-state index is 1.19. The summed E-state index contributed by atoms with van der Waals surface area (Å²) in [6, 6.07) is 8.80. The molecule has 0 heteroatoms. The van der Waals surface area contributed by atoms with Crippen LogP contribution in [-0.4, -0.2) is 0 Å². The highest BCUT2D eigenvalue weighted by atomic mass is 14.1. The van der Waals surface area contributed by atoms with Crippen LogP contribution >= 0.6 is 0 Å². The van der Waals surface area contributed by atoms with Gasteiger partial charge in [0.15, 0.2) is 0 Å². The molecule has 0 N–H and O–H groups in total. The summed E-state index contributed by atoms with van der Waals surface area (Å²) in [5, 5.41) is 0. The number of aryl methyl sites for hydroxylation is 1. The van der Waals surface area contributed by atoms with E-state index in [2.05, 4.69) is 50.3 Å². The fourth-order valence-corrected chi connectivity index (χ4v) is 1.75. The van der Waals surface area contributed by atoms with Gasteiger partial charge in [-0.25, -0.2) is 0 Å². The van der Waals surface area contributed by atoms with Crippen LogP contribution in [0.25, 0.3) is 5.57 Å². The van der Waals surface area contributed by atoms with Crippen molar-refractivity contribution in [1.82, 2.24) is 0 Å². The Kier molecular flexibility index (Phi) is 5.04. The molecule has 0 saturated heterocycles. The summed E-state index contributed by atoms with van der Waals surface area (Å²) in [5.41, 5.74) is 5.66. The Balaban J connectivity index is 0.000000606. The van der Waals surface area contributed by atoms with Crippen molar-refractivity contribution >= 4 is 5.57 Å². The van der Waals surface area contributed by atoms with E-state index in [1.807, 2.05) is 13.8 Å². The van der Waals surface area contributed by atoms with Crippen molar-refractivity contribution < 1.29 is 0 Å². The smallest absolute Gasteiger partial charge is 0.0224 e. The number of hydrogen-bond acceptors (Lipinski definition) is 0. The number of benzene rings is 1. The lowest BCUT2D eigenvalue weighted by atomic mass is 9.93. The number of allylic oxidation sites excluding steroid dienone is 4. The second kappa shape index (κ2) is 6.32. The summed E-state index contributed by atoms with van der Waals surface area (Å²) in [4.78, 5) is 0. The molecule has 86 valence electrons. The molecule has 16 heavy (non-hydrogen) atoms. The van der Waals surface area contributed by atoms with E-state index in [1.54, 1.807) is 0 Å². The van der Waals surface area contributed by atoms with E-state index in [-0.39, 0.29) is 0 Å². The largest absolute Gasteiger partial charge is 0.0730 e. The van der Waals surface area contributed by atoms with E-state index in [9.17, 15) is 0 Å². The molecular formula is C16H22. The fraction of sp³-hybridized carbons (Fsp3) is 0.375. The van der Waals surface area contributed by atoms with E-state index in [4.69, 9.17) is 0 Å². The molecule has 0 bridgehead atoms. The average Bonchev–Trinajstić information content (AvgIpc) is 2.34. The molecule has 0 saturated carbocycles. The molecule has 0 spiro atoms. The SMILES string of the molecule is CC.CC1=CC=C(c2ccc(C)cc2)CC1. The molecular weight excluding hydrogens is 192 g/mol. The van der Waals surface area contributed by atoms with Crippen LogP contribution in [0.1, 0.15) is 44.7 Å². The van der Waals surface area contributed by atoms with Crippen LogP contribution in [0.2, 0.25) is 0 Å². The van der Waals surface area contributed by atoms with Crippen molar-refractivity contribution in [3.8, 4) is 0 Å². The highest BCUT2D eigenvalue weighted by Crippen LogP contribution is 2.26. The number of rotatable bonds is 1. The van der Waals surface area contributed by atoms with Gasteiger partial charge in [-0.2, -0.15) is 0 Å². The predicted octanol–water partition coefficient (Wildman–Crippen LogP) is 5.14. The van der Waals surface area contributed by atoms with Crippen LogP contribution in [0.5, 0.6) is 0 Å². The van der Waals surface area contributed by atoms with Crippen LogP contribution in [0.3, 0.4) is 0 Å². The van der Waals surface area contributed by atoms with E-state index in [1.165, 1.54) is 35.1 Å². The van der Waals surface area contributed by atoms with Gasteiger partial charge in [0.05, 0.1) is 0 Å². The van der Waals surface area contributed by atoms with Gasteiger partial charge in [-0.1, -0.05) is 61.4 Å². The Bertz CT molecular complexity index is 377. The van der Waals surface area contributed by atoms with Crippen molar-refractivity contribution in [3.05, 3.63) is 53.1 Å². The molecule has 0 unspecified atom stereocenters. The summed E-state index contributed by atoms with van der Waals surface area (Å²) >= 11 is 0. The molecule has 0 aromatic heterocycles. The summed E-state index contributed by atoms with van der Waals surface area (Å²) < 4.78 is 0.